The fraction of sp³-hybridized carbons (Fsp3) is 1.00. The number of nitrogens with zero attached hydrogens (tertiary/aromatic N) is 1. The van der Waals surface area contributed by atoms with Crippen molar-refractivity contribution in [2.45, 2.75) is 45.4 Å². The van der Waals surface area contributed by atoms with Crippen LogP contribution in [-0.2, 0) is 4.84 Å². The highest BCUT2D eigenvalue weighted by atomic mass is 32.2. The van der Waals surface area contributed by atoms with Crippen molar-refractivity contribution >= 4 is 11.8 Å². The number of thioether (sulfide) groups is 1. The first-order valence-electron chi connectivity index (χ1n) is 5.04. The van der Waals surface area contributed by atoms with Crippen LogP contribution < -0.4 is 0 Å². The summed E-state index contributed by atoms with van der Waals surface area (Å²) in [6, 6.07) is 0.653. The predicted octanol–water partition coefficient (Wildman–Crippen LogP) is 2.15. The molecule has 0 bridgehead atoms. The molecule has 0 radical (unpaired) electrons. The highest BCUT2D eigenvalue weighted by molar-refractivity contribution is 7.99. The molecule has 2 heterocycles. The van der Waals surface area contributed by atoms with E-state index in [1.807, 2.05) is 0 Å². The molecule has 2 fully saturated rings. The summed E-state index contributed by atoms with van der Waals surface area (Å²) in [5.74, 6) is 3.27. The van der Waals surface area contributed by atoms with Crippen LogP contribution in [-0.4, -0.2) is 34.3 Å². The van der Waals surface area contributed by atoms with Gasteiger partial charge in [-0.2, -0.15) is 16.8 Å². The maximum atomic E-state index is 5.91. The van der Waals surface area contributed by atoms with Gasteiger partial charge in [0.1, 0.15) is 0 Å². The second kappa shape index (κ2) is 3.14. The molecule has 3 atom stereocenters. The monoisotopic (exact) mass is 201 g/mol. The topological polar surface area (TPSA) is 12.5 Å². The molecule has 0 aromatic heterocycles. The minimum atomic E-state index is 0.151. The van der Waals surface area contributed by atoms with Crippen molar-refractivity contribution in [2.75, 3.05) is 11.5 Å². The number of rotatable bonds is 0. The van der Waals surface area contributed by atoms with Gasteiger partial charge in [-0.25, -0.2) is 0 Å². The van der Waals surface area contributed by atoms with Gasteiger partial charge in [0.15, 0.2) is 0 Å². The van der Waals surface area contributed by atoms with E-state index in [1.165, 1.54) is 11.5 Å². The van der Waals surface area contributed by atoms with Crippen molar-refractivity contribution < 1.29 is 4.84 Å². The molecule has 0 unspecified atom stereocenters. The number of hydrogen-bond donors (Lipinski definition) is 0. The number of hydroxylamine groups is 2. The van der Waals surface area contributed by atoms with Crippen LogP contribution in [0.1, 0.15) is 27.7 Å². The van der Waals surface area contributed by atoms with Crippen molar-refractivity contribution in [3.8, 4) is 0 Å². The lowest BCUT2D eigenvalue weighted by atomic mass is 9.97. The summed E-state index contributed by atoms with van der Waals surface area (Å²) in [7, 11) is 0. The fourth-order valence-electron chi connectivity index (χ4n) is 2.24. The second-order valence-electron chi connectivity index (χ2n) is 5.08. The highest BCUT2D eigenvalue weighted by Crippen LogP contribution is 2.41. The molecule has 2 aliphatic heterocycles. The maximum Gasteiger partial charge on any atom is 0.0817 e. The summed E-state index contributed by atoms with van der Waals surface area (Å²) in [6.45, 7) is 8.89. The zero-order valence-electron chi connectivity index (χ0n) is 8.91. The summed E-state index contributed by atoms with van der Waals surface area (Å²) < 4.78 is 0. The van der Waals surface area contributed by atoms with E-state index in [1.54, 1.807) is 0 Å². The third-order valence-electron chi connectivity index (χ3n) is 2.94. The summed E-state index contributed by atoms with van der Waals surface area (Å²) in [6.07, 6.45) is 0.416. The van der Waals surface area contributed by atoms with E-state index in [4.69, 9.17) is 4.84 Å². The molecule has 0 aromatic carbocycles. The molecule has 0 aromatic rings. The molecule has 3 heteroatoms. The molecule has 0 amide bonds. The first-order chi connectivity index (χ1) is 6.00. The smallest absolute Gasteiger partial charge is 0.0817 e. The van der Waals surface area contributed by atoms with Crippen molar-refractivity contribution in [1.29, 1.82) is 0 Å². The Morgan fingerprint density at radius 2 is 2.00 bits per heavy atom. The largest absolute Gasteiger partial charge is 0.295 e. The van der Waals surface area contributed by atoms with Crippen LogP contribution in [0.25, 0.3) is 0 Å². The van der Waals surface area contributed by atoms with Crippen molar-refractivity contribution in [3.05, 3.63) is 0 Å². The Hall–Kier alpha value is 0.270. The SMILES string of the molecule is C[C@@H]1ON(C(C)(C)C)[C@@H]2CSC[C@H]12. The van der Waals surface area contributed by atoms with E-state index < -0.39 is 0 Å². The molecule has 2 aliphatic rings. The first kappa shape index (κ1) is 9.81. The third kappa shape index (κ3) is 1.62. The zero-order chi connectivity index (χ0) is 9.64. The molecular formula is C10H19NOS. The lowest BCUT2D eigenvalue weighted by Gasteiger charge is -2.34. The second-order valence-corrected chi connectivity index (χ2v) is 6.15. The number of fused-ring (bicyclic) bond motifs is 1. The molecule has 0 N–H and O–H groups in total. The number of hydrogen-bond acceptors (Lipinski definition) is 3. The third-order valence-corrected chi connectivity index (χ3v) is 4.14. The predicted molar refractivity (Wildman–Crippen MR) is 56.7 cm³/mol. The Morgan fingerprint density at radius 3 is 2.62 bits per heavy atom. The lowest BCUT2D eigenvalue weighted by molar-refractivity contribution is -0.205. The van der Waals surface area contributed by atoms with E-state index >= 15 is 0 Å². The van der Waals surface area contributed by atoms with Crippen LogP contribution >= 0.6 is 11.8 Å². The molecule has 76 valence electrons. The van der Waals surface area contributed by atoms with E-state index in [0.717, 1.165) is 5.92 Å². The van der Waals surface area contributed by atoms with Gasteiger partial charge in [0.2, 0.25) is 0 Å². The summed E-state index contributed by atoms with van der Waals surface area (Å²) in [4.78, 5) is 5.91. The Balaban J connectivity index is 2.15. The zero-order valence-corrected chi connectivity index (χ0v) is 9.73. The van der Waals surface area contributed by atoms with Gasteiger partial charge >= 0.3 is 0 Å². The Bertz CT molecular complexity index is 202. The normalized spacial score (nSPS) is 41.1. The van der Waals surface area contributed by atoms with Gasteiger partial charge < -0.3 is 0 Å². The summed E-state index contributed by atoms with van der Waals surface area (Å²) in [5, 5.41) is 2.22. The Morgan fingerprint density at radius 1 is 1.31 bits per heavy atom. The quantitative estimate of drug-likeness (QED) is 0.596. The average molecular weight is 201 g/mol. The Labute approximate surface area is 85.0 Å². The van der Waals surface area contributed by atoms with Crippen LogP contribution in [0, 0.1) is 5.92 Å². The summed E-state index contributed by atoms with van der Waals surface area (Å²) in [5.41, 5.74) is 0.151. The molecule has 2 saturated heterocycles. The lowest BCUT2D eigenvalue weighted by Crippen LogP contribution is -2.45. The molecule has 0 spiro atoms. The van der Waals surface area contributed by atoms with Crippen LogP contribution in [0.3, 0.4) is 0 Å². The van der Waals surface area contributed by atoms with Crippen molar-refractivity contribution in [1.82, 2.24) is 5.06 Å². The molecule has 2 nitrogen and oxygen atoms in total. The van der Waals surface area contributed by atoms with Crippen molar-refractivity contribution in [3.63, 3.8) is 0 Å². The molecular weight excluding hydrogens is 182 g/mol. The Kier molecular flexibility index (Phi) is 2.37. The average Bonchev–Trinajstić information content (AvgIpc) is 2.51. The van der Waals surface area contributed by atoms with Gasteiger partial charge in [0.25, 0.3) is 0 Å². The minimum Gasteiger partial charge on any atom is -0.295 e. The van der Waals surface area contributed by atoms with Gasteiger partial charge in [-0.1, -0.05) is 0 Å². The molecule has 0 saturated carbocycles. The standard InChI is InChI=1S/C10H19NOS/c1-7-8-5-13-6-9(8)11(12-7)10(2,3)4/h7-9H,5-6H2,1-4H3/t7-,8+,9+/m0/s1. The first-order valence-corrected chi connectivity index (χ1v) is 6.19. The van der Waals surface area contributed by atoms with Crippen LogP contribution in [0.4, 0.5) is 0 Å². The van der Waals surface area contributed by atoms with E-state index in [2.05, 4.69) is 44.5 Å². The van der Waals surface area contributed by atoms with Gasteiger partial charge in [0, 0.05) is 23.0 Å². The molecule has 13 heavy (non-hydrogen) atoms. The van der Waals surface area contributed by atoms with E-state index in [-0.39, 0.29) is 5.54 Å². The minimum absolute atomic E-state index is 0.151. The van der Waals surface area contributed by atoms with Crippen LogP contribution in [0.15, 0.2) is 0 Å². The fourth-order valence-corrected chi connectivity index (χ4v) is 3.77. The summed E-state index contributed by atoms with van der Waals surface area (Å²) >= 11 is 2.07. The van der Waals surface area contributed by atoms with Crippen LogP contribution in [0.5, 0.6) is 0 Å². The maximum absolute atomic E-state index is 5.91. The highest BCUT2D eigenvalue weighted by Gasteiger charge is 2.47. The van der Waals surface area contributed by atoms with E-state index in [9.17, 15) is 0 Å². The molecule has 2 rings (SSSR count). The molecule has 0 aliphatic carbocycles. The van der Waals surface area contributed by atoms with Gasteiger partial charge in [-0.05, 0) is 27.7 Å². The van der Waals surface area contributed by atoms with Crippen molar-refractivity contribution in [2.24, 2.45) is 5.92 Å². The van der Waals surface area contributed by atoms with Gasteiger partial charge in [-0.15, -0.1) is 0 Å². The van der Waals surface area contributed by atoms with Gasteiger partial charge in [0.05, 0.1) is 12.1 Å². The van der Waals surface area contributed by atoms with Crippen LogP contribution in [0.2, 0.25) is 0 Å². The van der Waals surface area contributed by atoms with Gasteiger partial charge in [-0.3, -0.25) is 4.84 Å². The van der Waals surface area contributed by atoms with E-state index in [0.29, 0.717) is 12.1 Å².